The zero-order valence-corrected chi connectivity index (χ0v) is 14.7. The van der Waals surface area contributed by atoms with E-state index in [1.807, 2.05) is 6.92 Å². The van der Waals surface area contributed by atoms with E-state index < -0.39 is 10.0 Å². The van der Waals surface area contributed by atoms with Crippen LogP contribution in [-0.4, -0.2) is 14.5 Å². The van der Waals surface area contributed by atoms with Crippen LogP contribution in [-0.2, 0) is 10.0 Å². The molecule has 1 aliphatic carbocycles. The van der Waals surface area contributed by atoms with Crippen LogP contribution in [0.5, 0.6) is 0 Å². The molecule has 1 aromatic rings. The van der Waals surface area contributed by atoms with E-state index in [2.05, 4.69) is 34.5 Å². The molecule has 0 saturated heterocycles. The molecule has 0 bridgehead atoms. The first-order valence-electron chi connectivity index (χ1n) is 6.51. The monoisotopic (exact) mass is 365 g/mol. The van der Waals surface area contributed by atoms with Crippen molar-refractivity contribution < 1.29 is 8.42 Å². The molecule has 108 valence electrons. The van der Waals surface area contributed by atoms with Gasteiger partial charge in [-0.1, -0.05) is 26.7 Å². The van der Waals surface area contributed by atoms with Crippen LogP contribution >= 0.6 is 27.3 Å². The molecule has 19 heavy (non-hydrogen) atoms. The quantitative estimate of drug-likeness (QED) is 0.877. The highest BCUT2D eigenvalue weighted by molar-refractivity contribution is 9.11. The van der Waals surface area contributed by atoms with Gasteiger partial charge in [-0.2, -0.15) is 0 Å². The van der Waals surface area contributed by atoms with Crippen LogP contribution in [0.15, 0.2) is 14.7 Å². The van der Waals surface area contributed by atoms with Gasteiger partial charge in [0.05, 0.1) is 8.68 Å². The second kappa shape index (κ2) is 5.47. The molecule has 0 aromatic carbocycles. The van der Waals surface area contributed by atoms with Crippen molar-refractivity contribution >= 4 is 37.3 Å². The van der Waals surface area contributed by atoms with Crippen LogP contribution in [0.1, 0.15) is 44.4 Å². The number of hydrogen-bond acceptors (Lipinski definition) is 3. The summed E-state index contributed by atoms with van der Waals surface area (Å²) in [5, 5.41) is 0. The number of hydrogen-bond donors (Lipinski definition) is 1. The van der Waals surface area contributed by atoms with E-state index in [-0.39, 0.29) is 11.5 Å². The molecule has 0 spiro atoms. The predicted octanol–water partition coefficient (Wildman–Crippen LogP) is 4.07. The lowest BCUT2D eigenvalue weighted by molar-refractivity contribution is 0.188. The Hall–Kier alpha value is 0.0900. The van der Waals surface area contributed by atoms with E-state index >= 15 is 0 Å². The van der Waals surface area contributed by atoms with E-state index in [1.165, 1.54) is 17.8 Å². The van der Waals surface area contributed by atoms with E-state index in [4.69, 9.17) is 0 Å². The van der Waals surface area contributed by atoms with Gasteiger partial charge in [0.2, 0.25) is 10.0 Å². The molecule has 0 aliphatic heterocycles. The van der Waals surface area contributed by atoms with E-state index in [0.29, 0.717) is 4.90 Å². The van der Waals surface area contributed by atoms with Crippen LogP contribution < -0.4 is 4.72 Å². The normalized spacial score (nSPS) is 23.5. The lowest BCUT2D eigenvalue weighted by atomic mass is 9.74. The highest BCUT2D eigenvalue weighted by atomic mass is 79.9. The van der Waals surface area contributed by atoms with Gasteiger partial charge in [0.25, 0.3) is 0 Å². The smallest absolute Gasteiger partial charge is 0.208 e. The Morgan fingerprint density at radius 3 is 2.63 bits per heavy atom. The van der Waals surface area contributed by atoms with Gasteiger partial charge in [-0.25, -0.2) is 13.1 Å². The molecule has 1 N–H and O–H groups in total. The van der Waals surface area contributed by atoms with Gasteiger partial charge in [-0.05, 0) is 47.2 Å². The summed E-state index contributed by atoms with van der Waals surface area (Å²) in [6.45, 7) is 6.14. The van der Waals surface area contributed by atoms with Crippen molar-refractivity contribution in [2.45, 2.75) is 57.4 Å². The first-order chi connectivity index (χ1) is 8.72. The summed E-state index contributed by atoms with van der Waals surface area (Å²) in [6, 6.07) is 1.72. The van der Waals surface area contributed by atoms with Crippen molar-refractivity contribution in [2.75, 3.05) is 0 Å². The molecule has 1 atom stereocenters. The zero-order valence-electron chi connectivity index (χ0n) is 11.5. The van der Waals surface area contributed by atoms with Crippen molar-refractivity contribution in [3.8, 4) is 0 Å². The minimum absolute atomic E-state index is 0.0318. The molecule has 1 saturated carbocycles. The minimum atomic E-state index is -3.41. The average molecular weight is 366 g/mol. The molecule has 2 rings (SSSR count). The fourth-order valence-electron chi connectivity index (χ4n) is 2.66. The zero-order chi connectivity index (χ0) is 14.3. The third kappa shape index (κ3) is 3.40. The number of aryl methyl sites for hydroxylation is 1. The SMILES string of the molecule is Cc1sc(Br)cc1S(=O)(=O)NC1CCCCC1(C)C. The Bertz CT molecular complexity index is 563. The summed E-state index contributed by atoms with van der Waals surface area (Å²) in [5.74, 6) is 0. The number of thiophene rings is 1. The van der Waals surface area contributed by atoms with Crippen molar-refractivity contribution in [2.24, 2.45) is 5.41 Å². The molecule has 1 heterocycles. The van der Waals surface area contributed by atoms with Crippen molar-refractivity contribution in [3.63, 3.8) is 0 Å². The van der Waals surface area contributed by atoms with E-state index in [9.17, 15) is 8.42 Å². The number of nitrogens with one attached hydrogen (secondary N) is 1. The van der Waals surface area contributed by atoms with E-state index in [1.54, 1.807) is 6.07 Å². The maximum Gasteiger partial charge on any atom is 0.241 e. The Balaban J connectivity index is 2.24. The first-order valence-corrected chi connectivity index (χ1v) is 9.60. The van der Waals surface area contributed by atoms with Crippen LogP contribution in [0.3, 0.4) is 0 Å². The molecule has 3 nitrogen and oxygen atoms in total. The summed E-state index contributed by atoms with van der Waals surface area (Å²) < 4.78 is 28.8. The van der Waals surface area contributed by atoms with Gasteiger partial charge < -0.3 is 0 Å². The number of rotatable bonds is 3. The molecule has 1 aliphatic rings. The Morgan fingerprint density at radius 1 is 1.42 bits per heavy atom. The van der Waals surface area contributed by atoms with Gasteiger partial charge in [-0.3, -0.25) is 0 Å². The van der Waals surface area contributed by atoms with Gasteiger partial charge in [-0.15, -0.1) is 11.3 Å². The standard InChI is InChI=1S/C13H20BrNO2S2/c1-9-10(8-12(14)18-9)19(16,17)15-11-6-4-5-7-13(11,2)3/h8,11,15H,4-7H2,1-3H3. The third-order valence-electron chi connectivity index (χ3n) is 3.94. The first kappa shape index (κ1) is 15.5. The van der Waals surface area contributed by atoms with Crippen LogP contribution in [0.2, 0.25) is 0 Å². The summed E-state index contributed by atoms with van der Waals surface area (Å²) in [4.78, 5) is 1.23. The molecule has 1 fully saturated rings. The fraction of sp³-hybridized carbons (Fsp3) is 0.692. The lowest BCUT2D eigenvalue weighted by Gasteiger charge is -2.38. The van der Waals surface area contributed by atoms with Crippen molar-refractivity contribution in [1.82, 2.24) is 4.72 Å². The second-order valence-electron chi connectivity index (χ2n) is 5.88. The maximum absolute atomic E-state index is 12.5. The summed E-state index contributed by atoms with van der Waals surface area (Å²) in [5.41, 5.74) is 0.0342. The summed E-state index contributed by atoms with van der Waals surface area (Å²) >= 11 is 4.80. The molecular weight excluding hydrogens is 346 g/mol. The molecule has 1 unspecified atom stereocenters. The molecule has 0 radical (unpaired) electrons. The number of sulfonamides is 1. The van der Waals surface area contributed by atoms with Gasteiger partial charge >= 0.3 is 0 Å². The highest BCUT2D eigenvalue weighted by Gasteiger charge is 2.35. The van der Waals surface area contributed by atoms with Crippen molar-refractivity contribution in [3.05, 3.63) is 14.7 Å². The Labute approximate surface area is 128 Å². The van der Waals surface area contributed by atoms with Gasteiger partial charge in [0.15, 0.2) is 0 Å². The predicted molar refractivity (Wildman–Crippen MR) is 83.1 cm³/mol. The number of halogens is 1. The largest absolute Gasteiger partial charge is 0.241 e. The molecule has 0 amide bonds. The van der Waals surface area contributed by atoms with Gasteiger partial charge in [0, 0.05) is 10.9 Å². The second-order valence-corrected chi connectivity index (χ2v) is 10.2. The molecular formula is C13H20BrNO2S2. The highest BCUT2D eigenvalue weighted by Crippen LogP contribution is 2.37. The van der Waals surface area contributed by atoms with Crippen LogP contribution in [0, 0.1) is 12.3 Å². The third-order valence-corrected chi connectivity index (χ3v) is 7.22. The Kier molecular flexibility index (Phi) is 4.45. The van der Waals surface area contributed by atoms with Crippen molar-refractivity contribution in [1.29, 1.82) is 0 Å². The fourth-order valence-corrected chi connectivity index (χ4v) is 6.52. The molecule has 6 heteroatoms. The average Bonchev–Trinajstić information content (AvgIpc) is 2.61. The minimum Gasteiger partial charge on any atom is -0.208 e. The maximum atomic E-state index is 12.5. The van der Waals surface area contributed by atoms with Crippen LogP contribution in [0.4, 0.5) is 0 Å². The topological polar surface area (TPSA) is 46.2 Å². The summed E-state index contributed by atoms with van der Waals surface area (Å²) in [6.07, 6.45) is 4.29. The molecule has 1 aromatic heterocycles. The lowest BCUT2D eigenvalue weighted by Crippen LogP contribution is -2.46. The van der Waals surface area contributed by atoms with Crippen LogP contribution in [0.25, 0.3) is 0 Å². The Morgan fingerprint density at radius 2 is 2.11 bits per heavy atom. The van der Waals surface area contributed by atoms with Gasteiger partial charge in [0.1, 0.15) is 0 Å². The van der Waals surface area contributed by atoms with E-state index in [0.717, 1.165) is 27.9 Å². The summed E-state index contributed by atoms with van der Waals surface area (Å²) in [7, 11) is -3.41.